The lowest BCUT2D eigenvalue weighted by Gasteiger charge is -2.25. The SMILES string of the molecule is Cc1cccc(NC(=O)[C@H](C)Oc2ccc(C3=CCN(C(N)=O)CC3)cc2)c1. The maximum Gasteiger partial charge on any atom is 0.315 e. The number of amides is 3. The van der Waals surface area contributed by atoms with Crippen LogP contribution in [0.5, 0.6) is 5.75 Å². The second kappa shape index (κ2) is 8.61. The van der Waals surface area contributed by atoms with Gasteiger partial charge in [0.2, 0.25) is 0 Å². The number of aryl methyl sites for hydroxylation is 1. The lowest BCUT2D eigenvalue weighted by molar-refractivity contribution is -0.122. The van der Waals surface area contributed by atoms with E-state index in [2.05, 4.69) is 5.32 Å². The molecule has 3 N–H and O–H groups in total. The molecular formula is C22H25N3O3. The summed E-state index contributed by atoms with van der Waals surface area (Å²) >= 11 is 0. The van der Waals surface area contributed by atoms with Gasteiger partial charge in [0.1, 0.15) is 5.75 Å². The Balaban J connectivity index is 1.58. The molecule has 1 heterocycles. The third-order valence-electron chi connectivity index (χ3n) is 4.71. The number of nitrogens with zero attached hydrogens (tertiary/aromatic N) is 1. The highest BCUT2D eigenvalue weighted by Crippen LogP contribution is 2.25. The number of nitrogens with one attached hydrogen (secondary N) is 1. The Hall–Kier alpha value is -3.28. The van der Waals surface area contributed by atoms with Crippen molar-refractivity contribution in [3.63, 3.8) is 0 Å². The van der Waals surface area contributed by atoms with Gasteiger partial charge in [-0.25, -0.2) is 4.79 Å². The number of benzene rings is 2. The Morgan fingerprint density at radius 2 is 1.93 bits per heavy atom. The molecule has 2 aromatic rings. The zero-order chi connectivity index (χ0) is 20.1. The van der Waals surface area contributed by atoms with E-state index < -0.39 is 12.1 Å². The molecule has 2 aromatic carbocycles. The number of nitrogens with two attached hydrogens (primary N) is 1. The minimum Gasteiger partial charge on any atom is -0.481 e. The van der Waals surface area contributed by atoms with E-state index in [-0.39, 0.29) is 5.91 Å². The van der Waals surface area contributed by atoms with Crippen molar-refractivity contribution < 1.29 is 14.3 Å². The summed E-state index contributed by atoms with van der Waals surface area (Å²) in [6, 6.07) is 14.9. The van der Waals surface area contributed by atoms with Crippen molar-refractivity contribution in [2.24, 2.45) is 5.73 Å². The molecule has 3 amide bonds. The van der Waals surface area contributed by atoms with Gasteiger partial charge in [-0.2, -0.15) is 0 Å². The predicted octanol–water partition coefficient (Wildman–Crippen LogP) is 3.57. The van der Waals surface area contributed by atoms with Crippen LogP contribution in [0.4, 0.5) is 10.5 Å². The summed E-state index contributed by atoms with van der Waals surface area (Å²) in [4.78, 5) is 25.1. The van der Waals surface area contributed by atoms with Crippen molar-refractivity contribution in [1.82, 2.24) is 4.90 Å². The van der Waals surface area contributed by atoms with Crippen LogP contribution in [0.2, 0.25) is 0 Å². The third kappa shape index (κ3) is 4.91. The molecule has 28 heavy (non-hydrogen) atoms. The second-order valence-electron chi connectivity index (χ2n) is 6.91. The Morgan fingerprint density at radius 3 is 2.54 bits per heavy atom. The van der Waals surface area contributed by atoms with Gasteiger partial charge in [0, 0.05) is 18.8 Å². The highest BCUT2D eigenvalue weighted by molar-refractivity contribution is 5.94. The number of hydrogen-bond acceptors (Lipinski definition) is 3. The van der Waals surface area contributed by atoms with Crippen LogP contribution in [0.3, 0.4) is 0 Å². The van der Waals surface area contributed by atoms with E-state index in [1.54, 1.807) is 11.8 Å². The van der Waals surface area contributed by atoms with Crippen LogP contribution in [0, 0.1) is 6.92 Å². The molecule has 3 rings (SSSR count). The first-order chi connectivity index (χ1) is 13.4. The molecule has 0 bridgehead atoms. The van der Waals surface area contributed by atoms with Crippen LogP contribution in [0.25, 0.3) is 5.57 Å². The van der Waals surface area contributed by atoms with E-state index >= 15 is 0 Å². The van der Waals surface area contributed by atoms with Gasteiger partial charge in [-0.05, 0) is 61.2 Å². The van der Waals surface area contributed by atoms with E-state index in [0.29, 0.717) is 18.8 Å². The van der Waals surface area contributed by atoms with Gasteiger partial charge in [0.05, 0.1) is 0 Å². The number of primary amides is 1. The summed E-state index contributed by atoms with van der Waals surface area (Å²) in [6.45, 7) is 4.85. The van der Waals surface area contributed by atoms with Crippen molar-refractivity contribution in [3.05, 3.63) is 65.7 Å². The lowest BCUT2D eigenvalue weighted by Crippen LogP contribution is -2.38. The Kier molecular flexibility index (Phi) is 5.99. The molecular weight excluding hydrogens is 354 g/mol. The van der Waals surface area contributed by atoms with Crippen LogP contribution >= 0.6 is 0 Å². The van der Waals surface area contributed by atoms with Gasteiger partial charge >= 0.3 is 6.03 Å². The quantitative estimate of drug-likeness (QED) is 0.833. The average Bonchev–Trinajstić information content (AvgIpc) is 2.68. The molecule has 6 nitrogen and oxygen atoms in total. The first-order valence-corrected chi connectivity index (χ1v) is 9.30. The molecule has 0 saturated carbocycles. The van der Waals surface area contributed by atoms with E-state index in [1.807, 2.05) is 61.5 Å². The van der Waals surface area contributed by atoms with Crippen LogP contribution in [0.1, 0.15) is 24.5 Å². The van der Waals surface area contributed by atoms with Crippen molar-refractivity contribution in [3.8, 4) is 5.75 Å². The molecule has 1 atom stereocenters. The van der Waals surface area contributed by atoms with E-state index in [9.17, 15) is 9.59 Å². The predicted molar refractivity (Wildman–Crippen MR) is 110 cm³/mol. The van der Waals surface area contributed by atoms with Gasteiger partial charge in [-0.1, -0.05) is 30.3 Å². The first kappa shape index (κ1) is 19.5. The van der Waals surface area contributed by atoms with Crippen molar-refractivity contribution in [2.75, 3.05) is 18.4 Å². The number of ether oxygens (including phenoxy) is 1. The molecule has 0 radical (unpaired) electrons. The number of hydrogen-bond donors (Lipinski definition) is 2. The normalized spacial score (nSPS) is 14.8. The molecule has 1 aliphatic rings. The maximum atomic E-state index is 12.3. The number of anilines is 1. The van der Waals surface area contributed by atoms with Crippen LogP contribution in [-0.2, 0) is 4.79 Å². The number of urea groups is 1. The molecule has 0 aliphatic carbocycles. The first-order valence-electron chi connectivity index (χ1n) is 9.30. The molecule has 0 saturated heterocycles. The largest absolute Gasteiger partial charge is 0.481 e. The highest BCUT2D eigenvalue weighted by Gasteiger charge is 2.17. The van der Waals surface area contributed by atoms with Gasteiger partial charge in [0.15, 0.2) is 6.10 Å². The number of carbonyl (C=O) groups is 2. The lowest BCUT2D eigenvalue weighted by atomic mass is 9.99. The molecule has 146 valence electrons. The van der Waals surface area contributed by atoms with Gasteiger partial charge in [-0.15, -0.1) is 0 Å². The third-order valence-corrected chi connectivity index (χ3v) is 4.71. The molecule has 0 unspecified atom stereocenters. The van der Waals surface area contributed by atoms with E-state index in [4.69, 9.17) is 10.5 Å². The fourth-order valence-electron chi connectivity index (χ4n) is 3.10. The number of carbonyl (C=O) groups excluding carboxylic acids is 2. The highest BCUT2D eigenvalue weighted by atomic mass is 16.5. The fourth-order valence-corrected chi connectivity index (χ4v) is 3.10. The fraction of sp³-hybridized carbons (Fsp3) is 0.273. The average molecular weight is 379 g/mol. The molecule has 1 aliphatic heterocycles. The summed E-state index contributed by atoms with van der Waals surface area (Å²) in [5, 5.41) is 2.86. The molecule has 0 spiro atoms. The Labute approximate surface area is 165 Å². The summed E-state index contributed by atoms with van der Waals surface area (Å²) in [6.07, 6.45) is 2.16. The number of rotatable bonds is 5. The zero-order valence-electron chi connectivity index (χ0n) is 16.1. The Morgan fingerprint density at radius 1 is 1.18 bits per heavy atom. The minimum atomic E-state index is -0.621. The van der Waals surface area contributed by atoms with Gasteiger partial charge < -0.3 is 20.7 Å². The zero-order valence-corrected chi connectivity index (χ0v) is 16.1. The van der Waals surface area contributed by atoms with Crippen LogP contribution in [-0.4, -0.2) is 36.0 Å². The molecule has 0 aromatic heterocycles. The van der Waals surface area contributed by atoms with E-state index in [1.165, 1.54) is 5.57 Å². The molecule has 6 heteroatoms. The molecule has 0 fully saturated rings. The standard InChI is InChI=1S/C22H25N3O3/c1-15-4-3-5-19(14-15)24-21(26)16(2)28-20-8-6-17(7-9-20)18-10-12-25(13-11-18)22(23)27/h3-10,14,16H,11-13H2,1-2H3,(H2,23,27)(H,24,26)/t16-/m0/s1. The van der Waals surface area contributed by atoms with Gasteiger partial charge in [0.25, 0.3) is 5.91 Å². The second-order valence-corrected chi connectivity index (χ2v) is 6.91. The van der Waals surface area contributed by atoms with E-state index in [0.717, 1.165) is 23.2 Å². The summed E-state index contributed by atoms with van der Waals surface area (Å²) in [7, 11) is 0. The monoisotopic (exact) mass is 379 g/mol. The summed E-state index contributed by atoms with van der Waals surface area (Å²) in [5.41, 5.74) is 9.39. The maximum absolute atomic E-state index is 12.3. The van der Waals surface area contributed by atoms with Crippen molar-refractivity contribution in [1.29, 1.82) is 0 Å². The summed E-state index contributed by atoms with van der Waals surface area (Å²) in [5.74, 6) is 0.432. The summed E-state index contributed by atoms with van der Waals surface area (Å²) < 4.78 is 5.77. The van der Waals surface area contributed by atoms with Crippen molar-refractivity contribution >= 4 is 23.2 Å². The van der Waals surface area contributed by atoms with Crippen LogP contribution in [0.15, 0.2) is 54.6 Å². The Bertz CT molecular complexity index is 890. The smallest absolute Gasteiger partial charge is 0.315 e. The topological polar surface area (TPSA) is 84.7 Å². The van der Waals surface area contributed by atoms with Crippen LogP contribution < -0.4 is 15.8 Å². The van der Waals surface area contributed by atoms with Gasteiger partial charge in [-0.3, -0.25) is 4.79 Å². The minimum absolute atomic E-state index is 0.198. The van der Waals surface area contributed by atoms with Crippen molar-refractivity contribution in [2.45, 2.75) is 26.4 Å².